The van der Waals surface area contributed by atoms with E-state index in [9.17, 15) is 19.6 Å². The van der Waals surface area contributed by atoms with E-state index in [1.807, 2.05) is 0 Å². The first-order chi connectivity index (χ1) is 22.6. The first kappa shape index (κ1) is 36.0. The van der Waals surface area contributed by atoms with Crippen LogP contribution < -0.4 is 28.4 Å². The van der Waals surface area contributed by atoms with Crippen LogP contribution in [0.1, 0.15) is 11.1 Å². The number of carbonyl (C=O) groups is 3. The summed E-state index contributed by atoms with van der Waals surface area (Å²) in [4.78, 5) is 41.8. The SMILES string of the molecule is COc1cc(C=CC=CC(=O)N2CCN(C(=O)C=CC=Cc3cc(OC)c(OC)c(OC)c3)C(C(=O)N(C)O)C2)cc(OC)c1OC. The lowest BCUT2D eigenvalue weighted by atomic mass is 10.1. The van der Waals surface area contributed by atoms with Crippen molar-refractivity contribution in [2.45, 2.75) is 6.04 Å². The van der Waals surface area contributed by atoms with Crippen LogP contribution >= 0.6 is 0 Å². The fraction of sp³-hybridized carbons (Fsp3) is 0.324. The molecule has 0 aliphatic carbocycles. The van der Waals surface area contributed by atoms with Crippen molar-refractivity contribution >= 4 is 29.9 Å². The zero-order valence-corrected chi connectivity index (χ0v) is 27.6. The second-order valence-corrected chi connectivity index (χ2v) is 10.0. The summed E-state index contributed by atoms with van der Waals surface area (Å²) in [6, 6.07) is 5.97. The summed E-state index contributed by atoms with van der Waals surface area (Å²) in [5.74, 6) is 1.36. The van der Waals surface area contributed by atoms with Gasteiger partial charge in [-0.25, -0.2) is 5.06 Å². The summed E-state index contributed by atoms with van der Waals surface area (Å²) in [5, 5.41) is 10.3. The standard InChI is InChI=1S/C34H41N3O10/c1-35(41)34(40)25-22-36(30(38)14-10-8-12-23-18-26(42-2)32(46-6)27(19-23)43-3)16-17-37(25)31(39)15-11-9-13-24-20-28(44-4)33(47-7)29(21-24)45-5/h8-15,18-21,25,41H,16-17,22H2,1-7H3. The Morgan fingerprint density at radius 3 is 1.49 bits per heavy atom. The minimum atomic E-state index is -1.08. The van der Waals surface area contributed by atoms with Crippen LogP contribution in [-0.4, -0.2) is 113 Å². The second-order valence-electron chi connectivity index (χ2n) is 10.0. The normalized spacial score (nSPS) is 15.0. The van der Waals surface area contributed by atoms with Crippen LogP contribution in [0.4, 0.5) is 0 Å². The molecule has 0 saturated carbocycles. The molecule has 1 aliphatic rings. The summed E-state index contributed by atoms with van der Waals surface area (Å²) < 4.78 is 32.2. The van der Waals surface area contributed by atoms with Crippen molar-refractivity contribution in [3.63, 3.8) is 0 Å². The van der Waals surface area contributed by atoms with Crippen LogP contribution in [0.5, 0.6) is 34.5 Å². The number of benzene rings is 2. The van der Waals surface area contributed by atoms with Crippen molar-refractivity contribution in [1.29, 1.82) is 0 Å². The monoisotopic (exact) mass is 651 g/mol. The van der Waals surface area contributed by atoms with Gasteiger partial charge in [0.15, 0.2) is 23.0 Å². The van der Waals surface area contributed by atoms with Crippen molar-refractivity contribution < 1.29 is 48.0 Å². The van der Waals surface area contributed by atoms with Gasteiger partial charge in [-0.3, -0.25) is 19.6 Å². The molecule has 1 saturated heterocycles. The number of hydrogen-bond donors (Lipinski definition) is 1. The van der Waals surface area contributed by atoms with Crippen LogP contribution in [0.15, 0.2) is 60.7 Å². The Morgan fingerprint density at radius 1 is 0.681 bits per heavy atom. The number of piperazine rings is 1. The van der Waals surface area contributed by atoms with Gasteiger partial charge in [-0.2, -0.15) is 0 Å². The summed E-state index contributed by atoms with van der Waals surface area (Å²) in [7, 11) is 10.3. The van der Waals surface area contributed by atoms with Gasteiger partial charge < -0.3 is 38.2 Å². The molecule has 1 atom stereocenters. The minimum Gasteiger partial charge on any atom is -0.493 e. The van der Waals surface area contributed by atoms with E-state index in [0.717, 1.165) is 11.1 Å². The molecule has 0 bridgehead atoms. The van der Waals surface area contributed by atoms with Crippen LogP contribution in [-0.2, 0) is 14.4 Å². The zero-order chi connectivity index (χ0) is 34.5. The van der Waals surface area contributed by atoms with E-state index in [4.69, 9.17) is 28.4 Å². The third kappa shape index (κ3) is 9.07. The average molecular weight is 652 g/mol. The molecule has 1 unspecified atom stereocenters. The molecule has 1 aliphatic heterocycles. The lowest BCUT2D eigenvalue weighted by Gasteiger charge is -2.40. The molecule has 1 heterocycles. The Labute approximate surface area is 274 Å². The van der Waals surface area contributed by atoms with Crippen LogP contribution in [0, 0.1) is 0 Å². The predicted octanol–water partition coefficient (Wildman–Crippen LogP) is 3.46. The van der Waals surface area contributed by atoms with Crippen LogP contribution in [0.3, 0.4) is 0 Å². The fourth-order valence-electron chi connectivity index (χ4n) is 4.88. The van der Waals surface area contributed by atoms with E-state index in [0.29, 0.717) is 39.6 Å². The second kappa shape index (κ2) is 17.3. The Kier molecular flexibility index (Phi) is 13.3. The van der Waals surface area contributed by atoms with Crippen LogP contribution in [0.25, 0.3) is 12.2 Å². The molecule has 3 rings (SSSR count). The number of amides is 3. The van der Waals surface area contributed by atoms with Gasteiger partial charge in [0.1, 0.15) is 6.04 Å². The number of carbonyl (C=O) groups excluding carboxylic acids is 3. The molecule has 13 heteroatoms. The molecule has 0 radical (unpaired) electrons. The Bertz CT molecular complexity index is 1500. The van der Waals surface area contributed by atoms with Crippen molar-refractivity contribution in [1.82, 2.24) is 14.9 Å². The van der Waals surface area contributed by atoms with E-state index >= 15 is 0 Å². The fourth-order valence-corrected chi connectivity index (χ4v) is 4.88. The molecular formula is C34H41N3O10. The topological polar surface area (TPSA) is 137 Å². The van der Waals surface area contributed by atoms with Crippen molar-refractivity contribution in [2.75, 3.05) is 69.3 Å². The molecule has 3 amide bonds. The molecule has 2 aromatic carbocycles. The highest BCUT2D eigenvalue weighted by atomic mass is 16.5. The molecular weight excluding hydrogens is 610 g/mol. The molecule has 47 heavy (non-hydrogen) atoms. The summed E-state index contributed by atoms with van der Waals surface area (Å²) in [6.45, 7) is 0.189. The number of methoxy groups -OCH3 is 6. The van der Waals surface area contributed by atoms with Crippen molar-refractivity contribution in [2.24, 2.45) is 0 Å². The number of rotatable bonds is 13. The minimum absolute atomic E-state index is 0.0882. The first-order valence-electron chi connectivity index (χ1n) is 14.5. The maximum Gasteiger partial charge on any atom is 0.270 e. The number of likely N-dealkylation sites (N-methyl/N-ethyl adjacent to an activating group) is 1. The molecule has 252 valence electrons. The lowest BCUT2D eigenvalue weighted by molar-refractivity contribution is -0.170. The van der Waals surface area contributed by atoms with Gasteiger partial charge in [-0.05, 0) is 35.4 Å². The Hall–Kier alpha value is -5.43. The largest absolute Gasteiger partial charge is 0.493 e. The summed E-state index contributed by atoms with van der Waals surface area (Å²) in [6.07, 6.45) is 12.6. The smallest absolute Gasteiger partial charge is 0.270 e. The van der Waals surface area contributed by atoms with Gasteiger partial charge in [-0.15, -0.1) is 0 Å². The van der Waals surface area contributed by atoms with Gasteiger partial charge in [0.05, 0.1) is 49.2 Å². The van der Waals surface area contributed by atoms with E-state index in [1.54, 1.807) is 54.6 Å². The number of nitrogens with zero attached hydrogens (tertiary/aromatic N) is 3. The summed E-state index contributed by atoms with van der Waals surface area (Å²) in [5.41, 5.74) is 1.50. The number of allylic oxidation sites excluding steroid dienone is 4. The van der Waals surface area contributed by atoms with Gasteiger partial charge in [-0.1, -0.05) is 36.5 Å². The van der Waals surface area contributed by atoms with Crippen LogP contribution in [0.2, 0.25) is 0 Å². The third-order valence-electron chi connectivity index (χ3n) is 7.23. The highest BCUT2D eigenvalue weighted by Gasteiger charge is 2.37. The van der Waals surface area contributed by atoms with Gasteiger partial charge in [0.2, 0.25) is 23.3 Å². The molecule has 13 nitrogen and oxygen atoms in total. The molecule has 1 N–H and O–H groups in total. The maximum atomic E-state index is 13.1. The molecule has 0 spiro atoms. The Morgan fingerprint density at radius 2 is 1.11 bits per heavy atom. The Balaban J connectivity index is 1.69. The van der Waals surface area contributed by atoms with E-state index in [1.165, 1.54) is 77.7 Å². The predicted molar refractivity (Wildman–Crippen MR) is 175 cm³/mol. The lowest BCUT2D eigenvalue weighted by Crippen LogP contribution is -2.61. The number of hydrogen-bond acceptors (Lipinski definition) is 10. The van der Waals surface area contributed by atoms with Gasteiger partial charge in [0, 0.05) is 32.3 Å². The van der Waals surface area contributed by atoms with Gasteiger partial charge >= 0.3 is 0 Å². The number of ether oxygens (including phenoxy) is 6. The zero-order valence-electron chi connectivity index (χ0n) is 27.6. The van der Waals surface area contributed by atoms with E-state index in [2.05, 4.69) is 0 Å². The quantitative estimate of drug-likeness (QED) is 0.148. The first-order valence-corrected chi connectivity index (χ1v) is 14.5. The molecule has 2 aromatic rings. The number of hydroxylamine groups is 2. The van der Waals surface area contributed by atoms with Gasteiger partial charge in [0.25, 0.3) is 5.91 Å². The molecule has 0 aromatic heterocycles. The highest BCUT2D eigenvalue weighted by Crippen LogP contribution is 2.39. The van der Waals surface area contributed by atoms with Crippen molar-refractivity contribution in [3.05, 3.63) is 71.8 Å². The average Bonchev–Trinajstić information content (AvgIpc) is 3.09. The third-order valence-corrected chi connectivity index (χ3v) is 7.23. The maximum absolute atomic E-state index is 13.1. The summed E-state index contributed by atoms with van der Waals surface area (Å²) >= 11 is 0. The van der Waals surface area contributed by atoms with E-state index < -0.39 is 17.9 Å². The molecule has 1 fully saturated rings. The van der Waals surface area contributed by atoms with Crippen molar-refractivity contribution in [3.8, 4) is 34.5 Å². The van der Waals surface area contributed by atoms with E-state index in [-0.39, 0.29) is 25.5 Å². The highest BCUT2D eigenvalue weighted by molar-refractivity contribution is 5.94.